The Hall–Kier alpha value is -2.31. The Morgan fingerprint density at radius 2 is 1.88 bits per heavy atom. The van der Waals surface area contributed by atoms with Crippen LogP contribution in [0.25, 0.3) is 0 Å². The Balaban J connectivity index is 2.06. The summed E-state index contributed by atoms with van der Waals surface area (Å²) < 4.78 is 23.3. The Kier molecular flexibility index (Phi) is 6.22. The first-order valence-corrected chi connectivity index (χ1v) is 7.88. The molecule has 0 saturated heterocycles. The number of benzene rings is 2. The van der Waals surface area contributed by atoms with Gasteiger partial charge in [-0.15, -0.1) is 0 Å². The van der Waals surface area contributed by atoms with E-state index in [0.29, 0.717) is 5.02 Å². The van der Waals surface area contributed by atoms with Crippen molar-refractivity contribution >= 4 is 40.8 Å². The molecule has 0 radical (unpaired) electrons. The molecule has 1 N–H and O–H groups in total. The summed E-state index contributed by atoms with van der Waals surface area (Å²) in [6.07, 6.45) is -1.11. The number of rotatable bonds is 5. The van der Waals surface area contributed by atoms with Crippen molar-refractivity contribution in [3.8, 4) is 5.75 Å². The fourth-order valence-electron chi connectivity index (χ4n) is 1.94. The molecule has 5 nitrogen and oxygen atoms in total. The number of halogens is 3. The molecule has 2 rings (SSSR count). The molecule has 1 atom stereocenters. The second-order valence-corrected chi connectivity index (χ2v) is 5.85. The van der Waals surface area contributed by atoms with Gasteiger partial charge in [0.25, 0.3) is 5.91 Å². The molecule has 132 valence electrons. The lowest BCUT2D eigenvalue weighted by Crippen LogP contribution is -2.30. The minimum Gasteiger partial charge on any atom is -0.496 e. The lowest BCUT2D eigenvalue weighted by atomic mass is 10.2. The maximum atomic E-state index is 13.1. The number of nitrogens with one attached hydrogen (secondary N) is 1. The summed E-state index contributed by atoms with van der Waals surface area (Å²) in [5.74, 6) is -1.70. The summed E-state index contributed by atoms with van der Waals surface area (Å²) in [6.45, 7) is 1.40. The lowest BCUT2D eigenvalue weighted by Gasteiger charge is -2.15. The third-order valence-corrected chi connectivity index (χ3v) is 3.75. The van der Waals surface area contributed by atoms with Gasteiger partial charge in [-0.05, 0) is 43.3 Å². The first-order valence-electron chi connectivity index (χ1n) is 7.12. The normalized spacial score (nSPS) is 11.6. The highest BCUT2D eigenvalue weighted by Crippen LogP contribution is 2.24. The zero-order chi connectivity index (χ0) is 18.6. The summed E-state index contributed by atoms with van der Waals surface area (Å²) in [5, 5.41) is 2.67. The van der Waals surface area contributed by atoms with Gasteiger partial charge < -0.3 is 14.8 Å². The van der Waals surface area contributed by atoms with Crippen molar-refractivity contribution < 1.29 is 23.5 Å². The standard InChI is InChI=1S/C17H14Cl2FNO4/c1-9(16(22)21-11-4-5-14(20)13(19)8-11)25-17(23)12-7-10(18)3-6-15(12)24-2/h3-9H,1-2H3,(H,21,22)/t9-/m0/s1. The third kappa shape index (κ3) is 4.84. The van der Waals surface area contributed by atoms with Gasteiger partial charge in [0.15, 0.2) is 6.10 Å². The second kappa shape index (κ2) is 8.18. The fourth-order valence-corrected chi connectivity index (χ4v) is 2.29. The number of esters is 1. The number of carbonyl (C=O) groups excluding carboxylic acids is 2. The molecule has 2 aromatic rings. The maximum Gasteiger partial charge on any atom is 0.342 e. The summed E-state index contributed by atoms with van der Waals surface area (Å²) >= 11 is 11.5. The molecule has 0 bridgehead atoms. The molecule has 0 saturated carbocycles. The number of hydrogen-bond donors (Lipinski definition) is 1. The molecule has 0 unspecified atom stereocenters. The summed E-state index contributed by atoms with van der Waals surface area (Å²) in [5.41, 5.74) is 0.374. The molecule has 0 fully saturated rings. The zero-order valence-electron chi connectivity index (χ0n) is 13.3. The average Bonchev–Trinajstić information content (AvgIpc) is 2.58. The molecule has 25 heavy (non-hydrogen) atoms. The van der Waals surface area contributed by atoms with Crippen molar-refractivity contribution in [2.75, 3.05) is 12.4 Å². The molecule has 0 heterocycles. The van der Waals surface area contributed by atoms with Crippen molar-refractivity contribution in [1.82, 2.24) is 0 Å². The number of methoxy groups -OCH3 is 1. The van der Waals surface area contributed by atoms with E-state index in [1.165, 1.54) is 38.3 Å². The van der Waals surface area contributed by atoms with Gasteiger partial charge in [-0.25, -0.2) is 9.18 Å². The van der Waals surface area contributed by atoms with Gasteiger partial charge in [0.05, 0.1) is 12.1 Å². The summed E-state index contributed by atoms with van der Waals surface area (Å²) in [7, 11) is 1.40. The van der Waals surface area contributed by atoms with Crippen LogP contribution in [-0.2, 0) is 9.53 Å². The van der Waals surface area contributed by atoms with Gasteiger partial charge in [0.1, 0.15) is 17.1 Å². The van der Waals surface area contributed by atoms with Gasteiger partial charge in [0.2, 0.25) is 0 Å². The minimum absolute atomic E-state index is 0.0967. The minimum atomic E-state index is -1.11. The van der Waals surface area contributed by atoms with E-state index in [-0.39, 0.29) is 22.0 Å². The van der Waals surface area contributed by atoms with E-state index in [0.717, 1.165) is 6.07 Å². The van der Waals surface area contributed by atoms with Gasteiger partial charge in [-0.3, -0.25) is 4.79 Å². The third-order valence-electron chi connectivity index (χ3n) is 3.22. The number of carbonyl (C=O) groups is 2. The highest BCUT2D eigenvalue weighted by molar-refractivity contribution is 6.31. The van der Waals surface area contributed by atoms with E-state index in [9.17, 15) is 14.0 Å². The lowest BCUT2D eigenvalue weighted by molar-refractivity contribution is -0.123. The van der Waals surface area contributed by atoms with Crippen molar-refractivity contribution in [2.24, 2.45) is 0 Å². The van der Waals surface area contributed by atoms with Crippen LogP contribution in [0.1, 0.15) is 17.3 Å². The first-order chi connectivity index (χ1) is 11.8. The summed E-state index contributed by atoms with van der Waals surface area (Å²) in [4.78, 5) is 24.3. The number of anilines is 1. The quantitative estimate of drug-likeness (QED) is 0.778. The van der Waals surface area contributed by atoms with Crippen molar-refractivity contribution in [2.45, 2.75) is 13.0 Å². The zero-order valence-corrected chi connectivity index (χ0v) is 14.8. The fraction of sp³-hybridized carbons (Fsp3) is 0.176. The van der Waals surface area contributed by atoms with Crippen LogP contribution in [0.15, 0.2) is 36.4 Å². The molecule has 0 spiro atoms. The van der Waals surface area contributed by atoms with E-state index >= 15 is 0 Å². The topological polar surface area (TPSA) is 64.6 Å². The van der Waals surface area contributed by atoms with Crippen LogP contribution in [0.5, 0.6) is 5.75 Å². The predicted molar refractivity (Wildman–Crippen MR) is 92.9 cm³/mol. The number of hydrogen-bond acceptors (Lipinski definition) is 4. The van der Waals surface area contributed by atoms with Crippen LogP contribution in [0.2, 0.25) is 10.0 Å². The second-order valence-electron chi connectivity index (χ2n) is 5.01. The van der Waals surface area contributed by atoms with Gasteiger partial charge in [-0.2, -0.15) is 0 Å². The molecule has 0 aliphatic heterocycles. The molecule has 1 amide bonds. The highest BCUT2D eigenvalue weighted by Gasteiger charge is 2.22. The van der Waals surface area contributed by atoms with E-state index in [1.807, 2.05) is 0 Å². The van der Waals surface area contributed by atoms with Crippen molar-refractivity contribution in [1.29, 1.82) is 0 Å². The van der Waals surface area contributed by atoms with E-state index < -0.39 is 23.8 Å². The Morgan fingerprint density at radius 3 is 2.52 bits per heavy atom. The molecular formula is C17H14Cl2FNO4. The molecular weight excluding hydrogens is 372 g/mol. The van der Waals surface area contributed by atoms with E-state index in [1.54, 1.807) is 6.07 Å². The van der Waals surface area contributed by atoms with Crippen LogP contribution in [-0.4, -0.2) is 25.1 Å². The van der Waals surface area contributed by atoms with Crippen LogP contribution in [0, 0.1) is 5.82 Å². The molecule has 0 aromatic heterocycles. The van der Waals surface area contributed by atoms with Crippen LogP contribution < -0.4 is 10.1 Å². The van der Waals surface area contributed by atoms with E-state index in [4.69, 9.17) is 32.7 Å². The van der Waals surface area contributed by atoms with Crippen LogP contribution in [0.3, 0.4) is 0 Å². The summed E-state index contributed by atoms with van der Waals surface area (Å²) in [6, 6.07) is 8.17. The Labute approximate surface area is 153 Å². The van der Waals surface area contributed by atoms with Crippen LogP contribution in [0.4, 0.5) is 10.1 Å². The van der Waals surface area contributed by atoms with Gasteiger partial charge in [0, 0.05) is 10.7 Å². The van der Waals surface area contributed by atoms with Gasteiger partial charge in [-0.1, -0.05) is 23.2 Å². The van der Waals surface area contributed by atoms with Crippen LogP contribution >= 0.6 is 23.2 Å². The molecule has 0 aliphatic rings. The SMILES string of the molecule is COc1ccc(Cl)cc1C(=O)O[C@@H](C)C(=O)Nc1ccc(F)c(Cl)c1. The molecule has 8 heteroatoms. The maximum absolute atomic E-state index is 13.1. The Bertz CT molecular complexity index is 813. The van der Waals surface area contributed by atoms with E-state index in [2.05, 4.69) is 5.32 Å². The highest BCUT2D eigenvalue weighted by atomic mass is 35.5. The number of amides is 1. The largest absolute Gasteiger partial charge is 0.496 e. The monoisotopic (exact) mass is 385 g/mol. The van der Waals surface area contributed by atoms with Gasteiger partial charge >= 0.3 is 5.97 Å². The smallest absolute Gasteiger partial charge is 0.342 e. The van der Waals surface area contributed by atoms with Crippen molar-refractivity contribution in [3.63, 3.8) is 0 Å². The molecule has 2 aromatic carbocycles. The average molecular weight is 386 g/mol. The van der Waals surface area contributed by atoms with Crippen molar-refractivity contribution in [3.05, 3.63) is 57.8 Å². The number of ether oxygens (including phenoxy) is 2. The Morgan fingerprint density at radius 1 is 1.16 bits per heavy atom. The first kappa shape index (κ1) is 19.0. The molecule has 0 aliphatic carbocycles. The predicted octanol–water partition coefficient (Wildman–Crippen LogP) is 4.33.